The minimum Gasteiger partial charge on any atom is -0.393 e. The lowest BCUT2D eigenvalue weighted by Crippen LogP contribution is -2.51. The molecule has 1 aromatic rings. The number of ether oxygens (including phenoxy) is 4. The summed E-state index contributed by atoms with van der Waals surface area (Å²) < 4.78 is 23.6. The van der Waals surface area contributed by atoms with E-state index in [9.17, 15) is 5.11 Å². The van der Waals surface area contributed by atoms with Crippen LogP contribution >= 0.6 is 0 Å². The van der Waals surface area contributed by atoms with E-state index in [1.807, 2.05) is 30.3 Å². The average molecular weight is 335 g/mol. The Morgan fingerprint density at radius 3 is 2.75 bits per heavy atom. The maximum absolute atomic E-state index is 10.0. The van der Waals surface area contributed by atoms with Crippen LogP contribution < -0.4 is 0 Å². The predicted molar refractivity (Wildman–Crippen MR) is 83.8 cm³/mol. The second-order valence-corrected chi connectivity index (χ2v) is 6.37. The largest absolute Gasteiger partial charge is 0.393 e. The highest BCUT2D eigenvalue weighted by molar-refractivity contribution is 5.14. The number of nitrogens with zero attached hydrogens (tertiary/aromatic N) is 3. The van der Waals surface area contributed by atoms with Crippen molar-refractivity contribution in [2.75, 3.05) is 13.2 Å². The number of rotatable bonds is 6. The maximum atomic E-state index is 10.0. The molecule has 2 aliphatic heterocycles. The third-order valence-corrected chi connectivity index (χ3v) is 4.18. The van der Waals surface area contributed by atoms with Crippen LogP contribution in [0, 0.1) is 0 Å². The Bertz CT molecular complexity index is 619. The van der Waals surface area contributed by atoms with Crippen molar-refractivity contribution < 1.29 is 24.1 Å². The molecule has 130 valence electrons. The zero-order valence-corrected chi connectivity index (χ0v) is 13.7. The molecule has 24 heavy (non-hydrogen) atoms. The number of hydrogen-bond donors (Lipinski definition) is 1. The zero-order valence-electron chi connectivity index (χ0n) is 13.7. The van der Waals surface area contributed by atoms with Gasteiger partial charge >= 0.3 is 0 Å². The lowest BCUT2D eigenvalue weighted by Gasteiger charge is -2.31. The van der Waals surface area contributed by atoms with Crippen molar-refractivity contribution >= 4 is 0 Å². The number of benzene rings is 1. The zero-order chi connectivity index (χ0) is 17.2. The number of aliphatic hydroxyl groups is 1. The monoisotopic (exact) mass is 335 g/mol. The van der Waals surface area contributed by atoms with Gasteiger partial charge in [-0.1, -0.05) is 35.4 Å². The molecule has 2 heterocycles. The van der Waals surface area contributed by atoms with Gasteiger partial charge in [-0.3, -0.25) is 0 Å². The Kier molecular flexibility index (Phi) is 4.78. The first-order chi connectivity index (χ1) is 11.5. The average Bonchev–Trinajstić information content (AvgIpc) is 3.01. The third-order valence-electron chi connectivity index (χ3n) is 4.18. The first kappa shape index (κ1) is 17.2. The van der Waals surface area contributed by atoms with Crippen molar-refractivity contribution in [2.24, 2.45) is 5.11 Å². The molecule has 2 fully saturated rings. The molecule has 0 bridgehead atoms. The van der Waals surface area contributed by atoms with E-state index in [4.69, 9.17) is 24.5 Å². The fourth-order valence-electron chi connectivity index (χ4n) is 3.24. The summed E-state index contributed by atoms with van der Waals surface area (Å²) in [7, 11) is 0. The first-order valence-corrected chi connectivity index (χ1v) is 7.81. The van der Waals surface area contributed by atoms with Gasteiger partial charge < -0.3 is 24.1 Å². The van der Waals surface area contributed by atoms with E-state index in [2.05, 4.69) is 10.0 Å². The van der Waals surface area contributed by atoms with Crippen molar-refractivity contribution in [3.8, 4) is 0 Å². The fourth-order valence-corrected chi connectivity index (χ4v) is 3.24. The van der Waals surface area contributed by atoms with E-state index in [1.165, 1.54) is 0 Å². The van der Waals surface area contributed by atoms with Gasteiger partial charge in [-0.2, -0.15) is 0 Å². The summed E-state index contributed by atoms with van der Waals surface area (Å²) in [4.78, 5) is 2.76. The maximum Gasteiger partial charge on any atom is 0.192 e. The Hall–Kier alpha value is -1.67. The fraction of sp³-hybridized carbons (Fsp3) is 0.625. The van der Waals surface area contributed by atoms with Gasteiger partial charge in [0, 0.05) is 4.91 Å². The van der Waals surface area contributed by atoms with Gasteiger partial charge in [0.2, 0.25) is 0 Å². The summed E-state index contributed by atoms with van der Waals surface area (Å²) in [5.74, 6) is -0.889. The molecule has 0 aromatic heterocycles. The van der Waals surface area contributed by atoms with Crippen molar-refractivity contribution in [2.45, 2.75) is 50.3 Å². The van der Waals surface area contributed by atoms with E-state index in [0.29, 0.717) is 6.61 Å². The molecule has 1 unspecified atom stereocenters. The molecule has 1 aromatic carbocycles. The molecular formula is C16H21N3O5. The summed E-state index contributed by atoms with van der Waals surface area (Å²) in [6.45, 7) is 3.59. The second kappa shape index (κ2) is 6.68. The molecule has 3 rings (SSSR count). The molecule has 2 saturated heterocycles. The number of hydrogen-bond acceptors (Lipinski definition) is 6. The molecule has 0 radical (unpaired) electrons. The van der Waals surface area contributed by atoms with Crippen LogP contribution in [0.5, 0.6) is 0 Å². The van der Waals surface area contributed by atoms with Crippen molar-refractivity contribution in [1.82, 2.24) is 0 Å². The van der Waals surface area contributed by atoms with E-state index >= 15 is 0 Å². The van der Waals surface area contributed by atoms with Crippen LogP contribution in [-0.4, -0.2) is 48.1 Å². The molecule has 8 nitrogen and oxygen atoms in total. The van der Waals surface area contributed by atoms with Gasteiger partial charge in [-0.15, -0.1) is 0 Å². The topological polar surface area (TPSA) is 106 Å². The van der Waals surface area contributed by atoms with Crippen LogP contribution in [0.2, 0.25) is 0 Å². The Morgan fingerprint density at radius 2 is 2.08 bits per heavy atom. The minimum atomic E-state index is -1.14. The van der Waals surface area contributed by atoms with Gasteiger partial charge in [0.15, 0.2) is 17.7 Å². The SMILES string of the molecule is CC1(C)O[C@@H]2[C@@H](CN=[N+]=[N-])OC(OCc3ccccc3)[C@]2(CO)O1. The van der Waals surface area contributed by atoms with Gasteiger partial charge in [0.1, 0.15) is 6.10 Å². The number of fused-ring (bicyclic) bond motifs is 1. The van der Waals surface area contributed by atoms with Gasteiger partial charge in [0.25, 0.3) is 0 Å². The summed E-state index contributed by atoms with van der Waals surface area (Å²) in [6.07, 6.45) is -1.95. The molecule has 0 saturated carbocycles. The molecule has 0 aliphatic carbocycles. The smallest absolute Gasteiger partial charge is 0.192 e. The molecular weight excluding hydrogens is 314 g/mol. The van der Waals surface area contributed by atoms with Crippen molar-refractivity contribution in [3.63, 3.8) is 0 Å². The molecule has 2 aliphatic rings. The lowest BCUT2D eigenvalue weighted by atomic mass is 9.96. The summed E-state index contributed by atoms with van der Waals surface area (Å²) in [6, 6.07) is 9.63. The highest BCUT2D eigenvalue weighted by atomic mass is 16.8. The summed E-state index contributed by atoms with van der Waals surface area (Å²) in [5, 5.41) is 13.6. The van der Waals surface area contributed by atoms with Crippen LogP contribution in [0.25, 0.3) is 10.4 Å². The van der Waals surface area contributed by atoms with Crippen LogP contribution in [0.15, 0.2) is 35.4 Å². The minimum absolute atomic E-state index is 0.0769. The summed E-state index contributed by atoms with van der Waals surface area (Å²) >= 11 is 0. The second-order valence-electron chi connectivity index (χ2n) is 6.37. The van der Waals surface area contributed by atoms with Gasteiger partial charge in [-0.25, -0.2) is 0 Å². The molecule has 8 heteroatoms. The molecule has 4 atom stereocenters. The first-order valence-electron chi connectivity index (χ1n) is 7.81. The number of azide groups is 1. The van der Waals surface area contributed by atoms with Crippen LogP contribution in [0.4, 0.5) is 0 Å². The quantitative estimate of drug-likeness (QED) is 0.487. The van der Waals surface area contributed by atoms with Gasteiger partial charge in [0.05, 0.1) is 25.9 Å². The van der Waals surface area contributed by atoms with Crippen molar-refractivity contribution in [3.05, 3.63) is 46.3 Å². The Morgan fingerprint density at radius 1 is 1.33 bits per heavy atom. The molecule has 1 N–H and O–H groups in total. The molecule has 0 amide bonds. The van der Waals surface area contributed by atoms with E-state index in [0.717, 1.165) is 5.56 Å². The van der Waals surface area contributed by atoms with Crippen LogP contribution in [0.3, 0.4) is 0 Å². The Labute approximate surface area is 139 Å². The highest BCUT2D eigenvalue weighted by Gasteiger charge is 2.66. The summed E-state index contributed by atoms with van der Waals surface area (Å²) in [5.41, 5.74) is 8.39. The highest BCUT2D eigenvalue weighted by Crippen LogP contribution is 2.47. The van der Waals surface area contributed by atoms with E-state index < -0.39 is 29.9 Å². The number of aliphatic hydroxyl groups excluding tert-OH is 1. The normalized spacial score (nSPS) is 33.9. The van der Waals surface area contributed by atoms with Crippen molar-refractivity contribution in [1.29, 1.82) is 0 Å². The van der Waals surface area contributed by atoms with Crippen LogP contribution in [-0.2, 0) is 25.6 Å². The van der Waals surface area contributed by atoms with Crippen LogP contribution in [0.1, 0.15) is 19.4 Å². The molecule has 0 spiro atoms. The van der Waals surface area contributed by atoms with E-state index in [-0.39, 0.29) is 13.2 Å². The standard InChI is InChI=1S/C16H21N3O5/c1-15(2)23-13-12(8-18-19-17)22-14(16(13,10-20)24-15)21-9-11-6-4-3-5-7-11/h3-7,12-14,20H,8-10H2,1-2H3/t12-,13-,14?,16-/m1/s1. The van der Waals surface area contributed by atoms with E-state index in [1.54, 1.807) is 13.8 Å². The predicted octanol–water partition coefficient (Wildman–Crippen LogP) is 2.12. The Balaban J connectivity index is 1.80. The lowest BCUT2D eigenvalue weighted by molar-refractivity contribution is -0.268. The van der Waals surface area contributed by atoms with Gasteiger partial charge in [-0.05, 0) is 24.9 Å². The third kappa shape index (κ3) is 3.12.